The summed E-state index contributed by atoms with van der Waals surface area (Å²) in [6.07, 6.45) is 2.44. The number of carbonyl (C=O) groups excluding carboxylic acids is 1. The lowest BCUT2D eigenvalue weighted by Gasteiger charge is -2.13. The van der Waals surface area contributed by atoms with Crippen molar-refractivity contribution in [3.05, 3.63) is 38.6 Å². The highest BCUT2D eigenvalue weighted by Gasteiger charge is 2.20. The van der Waals surface area contributed by atoms with Crippen molar-refractivity contribution in [3.63, 3.8) is 0 Å². The zero-order valence-corrected chi connectivity index (χ0v) is 13.6. The number of likely N-dealkylation sites (tertiary alicyclic amines) is 1. The van der Waals surface area contributed by atoms with Crippen LogP contribution in [0.5, 0.6) is 0 Å². The van der Waals surface area contributed by atoms with E-state index in [2.05, 4.69) is 4.98 Å². The van der Waals surface area contributed by atoms with E-state index in [1.54, 1.807) is 23.5 Å². The minimum atomic E-state index is 0.254. The molecule has 0 unspecified atom stereocenters. The smallest absolute Gasteiger partial charge is 0.222 e. The highest BCUT2D eigenvalue weighted by Crippen LogP contribution is 2.31. The molecule has 0 atom stereocenters. The van der Waals surface area contributed by atoms with Crippen LogP contribution < -0.4 is 0 Å². The van der Waals surface area contributed by atoms with E-state index in [1.807, 2.05) is 16.3 Å². The number of aromatic nitrogens is 1. The highest BCUT2D eigenvalue weighted by atomic mass is 35.5. The molecule has 3 nitrogen and oxygen atoms in total. The van der Waals surface area contributed by atoms with Crippen LogP contribution in [-0.4, -0.2) is 28.9 Å². The summed E-state index contributed by atoms with van der Waals surface area (Å²) in [6.45, 7) is 1.62. The van der Waals surface area contributed by atoms with Crippen LogP contribution in [0.1, 0.15) is 17.8 Å². The van der Waals surface area contributed by atoms with Crippen LogP contribution in [0.3, 0.4) is 0 Å². The third kappa shape index (κ3) is 3.39. The van der Waals surface area contributed by atoms with E-state index in [4.69, 9.17) is 23.2 Å². The molecule has 0 aliphatic carbocycles. The van der Waals surface area contributed by atoms with E-state index in [9.17, 15) is 4.79 Å². The van der Waals surface area contributed by atoms with Crippen molar-refractivity contribution < 1.29 is 4.79 Å². The molecule has 21 heavy (non-hydrogen) atoms. The summed E-state index contributed by atoms with van der Waals surface area (Å²) in [5.41, 5.74) is 1.69. The number of amides is 1. The van der Waals surface area contributed by atoms with E-state index >= 15 is 0 Å². The summed E-state index contributed by atoms with van der Waals surface area (Å²) in [4.78, 5) is 18.1. The first-order chi connectivity index (χ1) is 10.1. The maximum Gasteiger partial charge on any atom is 0.222 e. The SMILES string of the molecule is O=C1CCCN1CCc1nc(-c2cc(Cl)ccc2Cl)cs1. The first-order valence-electron chi connectivity index (χ1n) is 6.81. The van der Waals surface area contributed by atoms with Gasteiger partial charge in [0, 0.05) is 41.9 Å². The Morgan fingerprint density at radius 1 is 1.33 bits per heavy atom. The first kappa shape index (κ1) is 14.8. The zero-order valence-electron chi connectivity index (χ0n) is 11.3. The van der Waals surface area contributed by atoms with Gasteiger partial charge in [-0.05, 0) is 24.6 Å². The molecule has 0 N–H and O–H groups in total. The largest absolute Gasteiger partial charge is 0.342 e. The molecule has 0 spiro atoms. The maximum absolute atomic E-state index is 11.6. The quantitative estimate of drug-likeness (QED) is 0.832. The Morgan fingerprint density at radius 3 is 2.95 bits per heavy atom. The fraction of sp³-hybridized carbons (Fsp3) is 0.333. The molecule has 2 aromatic rings. The van der Waals surface area contributed by atoms with Gasteiger partial charge in [-0.2, -0.15) is 0 Å². The van der Waals surface area contributed by atoms with Gasteiger partial charge in [-0.15, -0.1) is 11.3 Å². The molecule has 1 aromatic heterocycles. The predicted molar refractivity (Wildman–Crippen MR) is 87.1 cm³/mol. The second-order valence-corrected chi connectivity index (χ2v) is 6.77. The van der Waals surface area contributed by atoms with Gasteiger partial charge in [0.05, 0.1) is 15.7 Å². The molecule has 110 valence electrons. The minimum absolute atomic E-state index is 0.254. The van der Waals surface area contributed by atoms with Crippen LogP contribution in [0.2, 0.25) is 10.0 Å². The van der Waals surface area contributed by atoms with Gasteiger partial charge in [0.1, 0.15) is 0 Å². The fourth-order valence-electron chi connectivity index (χ4n) is 2.41. The molecular weight excluding hydrogens is 327 g/mol. The normalized spacial score (nSPS) is 15.0. The standard InChI is InChI=1S/C15H14Cl2N2OS/c16-10-3-4-12(17)11(8-10)13-9-21-14(18-13)5-7-19-6-1-2-15(19)20/h3-4,8-9H,1-2,5-7H2. The Bertz CT molecular complexity index is 671. The summed E-state index contributed by atoms with van der Waals surface area (Å²) >= 11 is 13.8. The van der Waals surface area contributed by atoms with Crippen LogP contribution in [0.15, 0.2) is 23.6 Å². The molecular formula is C15H14Cl2N2OS. The average Bonchev–Trinajstić information content (AvgIpc) is 3.08. The van der Waals surface area contributed by atoms with E-state index in [-0.39, 0.29) is 5.91 Å². The van der Waals surface area contributed by atoms with Gasteiger partial charge in [-0.3, -0.25) is 4.79 Å². The zero-order chi connectivity index (χ0) is 14.8. The van der Waals surface area contributed by atoms with Crippen molar-refractivity contribution in [1.29, 1.82) is 0 Å². The molecule has 6 heteroatoms. The number of hydrogen-bond donors (Lipinski definition) is 0. The van der Waals surface area contributed by atoms with E-state index < -0.39 is 0 Å². The van der Waals surface area contributed by atoms with Gasteiger partial charge in [0.15, 0.2) is 0 Å². The van der Waals surface area contributed by atoms with Crippen molar-refractivity contribution in [2.24, 2.45) is 0 Å². The second kappa shape index (κ2) is 6.34. The van der Waals surface area contributed by atoms with Crippen LogP contribution in [0, 0.1) is 0 Å². The van der Waals surface area contributed by atoms with Crippen LogP contribution in [-0.2, 0) is 11.2 Å². The monoisotopic (exact) mass is 340 g/mol. The van der Waals surface area contributed by atoms with Crippen molar-refractivity contribution in [2.45, 2.75) is 19.3 Å². The Labute approximate surface area is 137 Å². The fourth-order valence-corrected chi connectivity index (χ4v) is 3.59. The number of halogens is 2. The van der Waals surface area contributed by atoms with Gasteiger partial charge in [-0.1, -0.05) is 23.2 Å². The summed E-state index contributed by atoms with van der Waals surface area (Å²) < 4.78 is 0. The van der Waals surface area contributed by atoms with Crippen LogP contribution in [0.25, 0.3) is 11.3 Å². The summed E-state index contributed by atoms with van der Waals surface area (Å²) in [7, 11) is 0. The van der Waals surface area contributed by atoms with E-state index in [1.165, 1.54) is 0 Å². The van der Waals surface area contributed by atoms with Gasteiger partial charge in [0.2, 0.25) is 5.91 Å². The molecule has 3 rings (SSSR count). The molecule has 0 saturated carbocycles. The van der Waals surface area contributed by atoms with Crippen LogP contribution in [0.4, 0.5) is 0 Å². The highest BCUT2D eigenvalue weighted by molar-refractivity contribution is 7.10. The van der Waals surface area contributed by atoms with Gasteiger partial charge in [-0.25, -0.2) is 4.98 Å². The minimum Gasteiger partial charge on any atom is -0.342 e. The molecule has 1 aliphatic heterocycles. The average molecular weight is 341 g/mol. The molecule has 0 bridgehead atoms. The van der Waals surface area contributed by atoms with Gasteiger partial charge in [0.25, 0.3) is 0 Å². The lowest BCUT2D eigenvalue weighted by Crippen LogP contribution is -2.26. The number of carbonyl (C=O) groups is 1. The van der Waals surface area contributed by atoms with Crippen molar-refractivity contribution in [3.8, 4) is 11.3 Å². The number of thiazole rings is 1. The summed E-state index contributed by atoms with van der Waals surface area (Å²) in [5, 5.41) is 4.29. The summed E-state index contributed by atoms with van der Waals surface area (Å²) in [5.74, 6) is 0.254. The number of benzene rings is 1. The van der Waals surface area contributed by atoms with Gasteiger partial charge < -0.3 is 4.90 Å². The van der Waals surface area contributed by atoms with E-state index in [0.29, 0.717) is 16.5 Å². The van der Waals surface area contributed by atoms with E-state index in [0.717, 1.165) is 42.2 Å². The van der Waals surface area contributed by atoms with Crippen molar-refractivity contribution in [1.82, 2.24) is 9.88 Å². The Balaban J connectivity index is 1.71. The Kier molecular flexibility index (Phi) is 4.48. The second-order valence-electron chi connectivity index (χ2n) is 4.98. The molecule has 1 fully saturated rings. The maximum atomic E-state index is 11.6. The molecule has 1 aromatic carbocycles. The van der Waals surface area contributed by atoms with Gasteiger partial charge >= 0.3 is 0 Å². The first-order valence-corrected chi connectivity index (χ1v) is 8.44. The Hall–Kier alpha value is -1.10. The number of nitrogens with zero attached hydrogens (tertiary/aromatic N) is 2. The van der Waals surface area contributed by atoms with Crippen molar-refractivity contribution >= 4 is 40.4 Å². The Morgan fingerprint density at radius 2 is 2.19 bits per heavy atom. The number of hydrogen-bond acceptors (Lipinski definition) is 3. The predicted octanol–water partition coefficient (Wildman–Crippen LogP) is 4.28. The van der Waals surface area contributed by atoms with Crippen LogP contribution >= 0.6 is 34.5 Å². The summed E-state index contributed by atoms with van der Waals surface area (Å²) in [6, 6.07) is 5.37. The molecule has 1 amide bonds. The molecule has 2 heterocycles. The third-order valence-electron chi connectivity index (χ3n) is 3.52. The molecule has 1 saturated heterocycles. The molecule has 0 radical (unpaired) electrons. The number of rotatable bonds is 4. The van der Waals surface area contributed by atoms with Crippen molar-refractivity contribution in [2.75, 3.05) is 13.1 Å². The topological polar surface area (TPSA) is 33.2 Å². The lowest BCUT2D eigenvalue weighted by atomic mass is 10.2. The molecule has 1 aliphatic rings. The lowest BCUT2D eigenvalue weighted by molar-refractivity contribution is -0.127. The third-order valence-corrected chi connectivity index (χ3v) is 5.00.